The summed E-state index contributed by atoms with van der Waals surface area (Å²) in [6.07, 6.45) is 6.16. The zero-order valence-electron chi connectivity index (χ0n) is 12.7. The Morgan fingerprint density at radius 3 is 1.95 bits per heavy atom. The fourth-order valence-corrected chi connectivity index (χ4v) is 4.28. The van der Waals surface area contributed by atoms with Crippen LogP contribution in [0.4, 0.5) is 5.69 Å². The third-order valence-electron chi connectivity index (χ3n) is 5.59. The summed E-state index contributed by atoms with van der Waals surface area (Å²) in [6, 6.07) is 3.37. The first-order chi connectivity index (χ1) is 10.5. The number of hydrogen-bond acceptors (Lipinski definition) is 3. The number of carbonyl (C=O) groups is 2. The van der Waals surface area contributed by atoms with E-state index in [1.807, 2.05) is 13.8 Å². The monoisotopic (exact) mass is 297 g/mol. The number of aromatic hydroxyl groups is 1. The van der Waals surface area contributed by atoms with Crippen LogP contribution >= 0.6 is 0 Å². The Morgan fingerprint density at radius 1 is 0.955 bits per heavy atom. The van der Waals surface area contributed by atoms with Crippen molar-refractivity contribution >= 4 is 17.5 Å². The lowest BCUT2D eigenvalue weighted by Gasteiger charge is -2.38. The number of amides is 2. The van der Waals surface area contributed by atoms with Crippen LogP contribution in [0.15, 0.2) is 24.3 Å². The number of fused-ring (bicyclic) bond motifs is 1. The predicted octanol–water partition coefficient (Wildman–Crippen LogP) is 2.71. The molecule has 4 atom stereocenters. The Bertz CT molecular complexity index is 689. The van der Waals surface area contributed by atoms with Crippen LogP contribution in [0.3, 0.4) is 0 Å². The molecular weight excluding hydrogens is 278 g/mol. The smallest absolute Gasteiger partial charge is 0.238 e. The summed E-state index contributed by atoms with van der Waals surface area (Å²) in [5.41, 5.74) is 2.25. The average molecular weight is 297 g/mol. The maximum atomic E-state index is 12.8. The maximum Gasteiger partial charge on any atom is 0.238 e. The van der Waals surface area contributed by atoms with Crippen molar-refractivity contribution in [2.24, 2.45) is 23.7 Å². The molecule has 114 valence electrons. The molecule has 4 aliphatic rings. The lowest BCUT2D eigenvalue weighted by atomic mass is 9.63. The van der Waals surface area contributed by atoms with Gasteiger partial charge in [0.1, 0.15) is 5.75 Å². The molecule has 2 bridgehead atoms. The number of anilines is 1. The van der Waals surface area contributed by atoms with E-state index in [4.69, 9.17) is 0 Å². The lowest BCUT2D eigenvalue weighted by Crippen LogP contribution is -2.38. The summed E-state index contributed by atoms with van der Waals surface area (Å²) in [6.45, 7) is 3.82. The molecule has 0 radical (unpaired) electrons. The third-order valence-corrected chi connectivity index (χ3v) is 5.59. The number of nitrogens with zero attached hydrogens (tertiary/aromatic N) is 1. The first-order valence-electron chi connectivity index (χ1n) is 7.85. The van der Waals surface area contributed by atoms with Crippen molar-refractivity contribution in [3.05, 3.63) is 35.4 Å². The largest absolute Gasteiger partial charge is 0.506 e. The Balaban J connectivity index is 1.80. The average Bonchev–Trinajstić information content (AvgIpc) is 2.78. The molecule has 1 N–H and O–H groups in total. The van der Waals surface area contributed by atoms with Crippen molar-refractivity contribution in [3.63, 3.8) is 0 Å². The predicted molar refractivity (Wildman–Crippen MR) is 82.4 cm³/mol. The molecule has 1 heterocycles. The highest BCUT2D eigenvalue weighted by Crippen LogP contribution is 2.51. The van der Waals surface area contributed by atoms with Gasteiger partial charge in [0, 0.05) is 0 Å². The molecule has 1 aliphatic heterocycles. The fraction of sp³-hybridized carbons (Fsp3) is 0.444. The number of rotatable bonds is 1. The first-order valence-corrected chi connectivity index (χ1v) is 7.85. The highest BCUT2D eigenvalue weighted by molar-refractivity contribution is 6.23. The summed E-state index contributed by atoms with van der Waals surface area (Å²) >= 11 is 0. The summed E-state index contributed by atoms with van der Waals surface area (Å²) in [5, 5.41) is 10.2. The Hall–Kier alpha value is -2.10. The summed E-state index contributed by atoms with van der Waals surface area (Å²) in [4.78, 5) is 26.9. The molecule has 1 aromatic carbocycles. The molecule has 3 aliphatic carbocycles. The quantitative estimate of drug-likeness (QED) is 0.640. The molecule has 4 heteroatoms. The lowest BCUT2D eigenvalue weighted by molar-refractivity contribution is -0.124. The topological polar surface area (TPSA) is 57.6 Å². The maximum absolute atomic E-state index is 12.8. The minimum Gasteiger partial charge on any atom is -0.506 e. The molecule has 0 spiro atoms. The fourth-order valence-electron chi connectivity index (χ4n) is 4.28. The van der Waals surface area contributed by atoms with Crippen LogP contribution in [0.25, 0.3) is 0 Å². The van der Waals surface area contributed by atoms with Crippen LogP contribution < -0.4 is 4.90 Å². The Morgan fingerprint density at radius 2 is 1.45 bits per heavy atom. The standard InChI is InChI=1S/C18H19NO3/c1-9-7-13(14(20)8-10(9)2)19-17(21)15-11-3-4-12(6-5-11)16(15)18(19)22/h3-4,7-8,11-12,15-16,20H,5-6H2,1-2H3. The van der Waals surface area contributed by atoms with Gasteiger partial charge in [0.05, 0.1) is 17.5 Å². The second kappa shape index (κ2) is 4.45. The number of benzene rings is 1. The van der Waals surface area contributed by atoms with Crippen LogP contribution in [0, 0.1) is 37.5 Å². The molecule has 2 amide bonds. The number of carbonyl (C=O) groups excluding carboxylic acids is 2. The number of phenols is 1. The number of phenolic OH excluding ortho intramolecular Hbond substituents is 1. The molecule has 4 unspecified atom stereocenters. The van der Waals surface area contributed by atoms with E-state index in [2.05, 4.69) is 12.2 Å². The van der Waals surface area contributed by atoms with Gasteiger partial charge in [0.25, 0.3) is 0 Å². The number of imide groups is 1. The van der Waals surface area contributed by atoms with Crippen LogP contribution in [0.2, 0.25) is 0 Å². The molecule has 5 rings (SSSR count). The van der Waals surface area contributed by atoms with E-state index in [-0.39, 0.29) is 41.2 Å². The van der Waals surface area contributed by atoms with Crippen LogP contribution in [-0.4, -0.2) is 16.9 Å². The zero-order chi connectivity index (χ0) is 15.6. The van der Waals surface area contributed by atoms with E-state index in [0.29, 0.717) is 5.69 Å². The minimum absolute atomic E-state index is 0.00348. The van der Waals surface area contributed by atoms with Crippen LogP contribution in [-0.2, 0) is 9.59 Å². The van der Waals surface area contributed by atoms with E-state index in [1.54, 1.807) is 12.1 Å². The van der Waals surface area contributed by atoms with E-state index < -0.39 is 0 Å². The number of aryl methyl sites for hydroxylation is 2. The van der Waals surface area contributed by atoms with Crippen LogP contribution in [0.5, 0.6) is 5.75 Å². The molecule has 22 heavy (non-hydrogen) atoms. The van der Waals surface area contributed by atoms with E-state index in [9.17, 15) is 14.7 Å². The third kappa shape index (κ3) is 1.64. The SMILES string of the molecule is Cc1cc(O)c(N2C(=O)C3C4C=CC(CC4)C3C2=O)cc1C. The van der Waals surface area contributed by atoms with E-state index in [0.717, 1.165) is 24.0 Å². The van der Waals surface area contributed by atoms with E-state index >= 15 is 0 Å². The van der Waals surface area contributed by atoms with Crippen LogP contribution in [0.1, 0.15) is 24.0 Å². The summed E-state index contributed by atoms with van der Waals surface area (Å²) < 4.78 is 0. The van der Waals surface area contributed by atoms with E-state index in [1.165, 1.54) is 4.90 Å². The van der Waals surface area contributed by atoms with Crippen molar-refractivity contribution in [1.82, 2.24) is 0 Å². The normalized spacial score (nSPS) is 32.7. The zero-order valence-corrected chi connectivity index (χ0v) is 12.7. The van der Waals surface area contributed by atoms with Gasteiger partial charge in [0.15, 0.2) is 0 Å². The highest BCUT2D eigenvalue weighted by atomic mass is 16.3. The molecule has 1 saturated carbocycles. The van der Waals surface area contributed by atoms with Crippen molar-refractivity contribution in [2.75, 3.05) is 4.90 Å². The second-order valence-corrected chi connectivity index (χ2v) is 6.78. The molecule has 0 aromatic heterocycles. The van der Waals surface area contributed by atoms with Gasteiger partial charge in [-0.25, -0.2) is 4.90 Å². The molecule has 1 aromatic rings. The molecule has 4 nitrogen and oxygen atoms in total. The number of allylic oxidation sites excluding steroid dienone is 2. The van der Waals surface area contributed by atoms with Crippen molar-refractivity contribution in [2.45, 2.75) is 26.7 Å². The van der Waals surface area contributed by atoms with Gasteiger partial charge in [-0.05, 0) is 61.8 Å². The molecular formula is C18H19NO3. The van der Waals surface area contributed by atoms with Gasteiger partial charge in [-0.1, -0.05) is 12.2 Å². The number of hydrogen-bond donors (Lipinski definition) is 1. The highest BCUT2D eigenvalue weighted by Gasteiger charge is 2.57. The van der Waals surface area contributed by atoms with Gasteiger partial charge in [-0.2, -0.15) is 0 Å². The van der Waals surface area contributed by atoms with Gasteiger partial charge in [0.2, 0.25) is 11.8 Å². The first kappa shape index (κ1) is 13.6. The Kier molecular flexibility index (Phi) is 2.74. The molecule has 1 saturated heterocycles. The van der Waals surface area contributed by atoms with Gasteiger partial charge in [-0.15, -0.1) is 0 Å². The summed E-state index contributed by atoms with van der Waals surface area (Å²) in [7, 11) is 0. The van der Waals surface area contributed by atoms with Crippen molar-refractivity contribution in [1.29, 1.82) is 0 Å². The molecule has 2 fully saturated rings. The van der Waals surface area contributed by atoms with Gasteiger partial charge < -0.3 is 5.11 Å². The summed E-state index contributed by atoms with van der Waals surface area (Å²) in [5.74, 6) is -0.422. The van der Waals surface area contributed by atoms with Gasteiger partial charge >= 0.3 is 0 Å². The van der Waals surface area contributed by atoms with Crippen molar-refractivity contribution < 1.29 is 14.7 Å². The minimum atomic E-state index is -0.239. The van der Waals surface area contributed by atoms with Crippen molar-refractivity contribution in [3.8, 4) is 5.75 Å². The second-order valence-electron chi connectivity index (χ2n) is 6.78. The van der Waals surface area contributed by atoms with Gasteiger partial charge in [-0.3, -0.25) is 9.59 Å². The Labute approximate surface area is 129 Å².